The van der Waals surface area contributed by atoms with Crippen molar-refractivity contribution in [2.24, 2.45) is 5.41 Å². The summed E-state index contributed by atoms with van der Waals surface area (Å²) in [7, 11) is -2.49. The Morgan fingerprint density at radius 2 is 1.83 bits per heavy atom. The van der Waals surface area contributed by atoms with Crippen LogP contribution in [-0.4, -0.2) is 90.2 Å². The number of hydrogen-bond donors (Lipinski definition) is 2. The van der Waals surface area contributed by atoms with Gasteiger partial charge in [-0.25, -0.2) is 13.1 Å². The van der Waals surface area contributed by atoms with Crippen LogP contribution in [-0.2, 0) is 35.2 Å². The lowest BCUT2D eigenvalue weighted by molar-refractivity contribution is -0.155. The maximum Gasteiger partial charge on any atom is 0.445 e. The third kappa shape index (κ3) is 5.45. The molecule has 2 saturated heterocycles. The fourth-order valence-corrected chi connectivity index (χ4v) is 9.62. The van der Waals surface area contributed by atoms with Crippen LogP contribution in [0.3, 0.4) is 0 Å². The summed E-state index contributed by atoms with van der Waals surface area (Å²) in [4.78, 5) is 15.7. The normalized spacial score (nSPS) is 30.6. The van der Waals surface area contributed by atoms with E-state index in [1.807, 2.05) is 20.8 Å². The number of allylic oxidation sites excluding steroid dienone is 1. The van der Waals surface area contributed by atoms with Crippen molar-refractivity contribution in [2.75, 3.05) is 26.8 Å². The van der Waals surface area contributed by atoms with Gasteiger partial charge in [-0.3, -0.25) is 4.79 Å². The number of halogens is 3. The van der Waals surface area contributed by atoms with Crippen LogP contribution in [0.15, 0.2) is 28.6 Å². The van der Waals surface area contributed by atoms with E-state index in [-0.39, 0.29) is 22.0 Å². The van der Waals surface area contributed by atoms with Crippen LogP contribution < -0.4 is 10.0 Å². The summed E-state index contributed by atoms with van der Waals surface area (Å²) >= 11 is 0.408. The third-order valence-electron chi connectivity index (χ3n) is 10.5. The summed E-state index contributed by atoms with van der Waals surface area (Å²) in [5.41, 5.74) is -1.38. The predicted octanol–water partition coefficient (Wildman–Crippen LogP) is 3.67. The Balaban J connectivity index is 1.30. The number of fused-ring (bicyclic) bond motifs is 1. The molecule has 0 radical (unpaired) electrons. The zero-order valence-electron chi connectivity index (χ0n) is 26.9. The van der Waals surface area contributed by atoms with Gasteiger partial charge in [-0.05, 0) is 65.4 Å². The van der Waals surface area contributed by atoms with E-state index in [1.165, 1.54) is 13.1 Å². The first-order valence-electron chi connectivity index (χ1n) is 15.7. The topological polar surface area (TPSA) is 135 Å². The Morgan fingerprint density at radius 1 is 1.15 bits per heavy atom. The van der Waals surface area contributed by atoms with Crippen LogP contribution >= 0.6 is 11.3 Å². The standard InChI is InChI=1S/C30H39F3N6O6S2/c1-17-23(45-18(2)40)28(16-44-17)10-12-38(13-11-28)20-14-19(47(41,42)37-26(3)6-7-26)15-39-21(24-35-36-25(46-24)30(31,32)33)22(34-27(20,39)4)29(43-5)8-9-29/h14-15,17,23,34,37H,6-13,16H2,1-5H3/t17-,23?,27?/m0/s1. The van der Waals surface area contributed by atoms with Gasteiger partial charge in [0.2, 0.25) is 15.0 Å². The first-order valence-corrected chi connectivity index (χ1v) is 18.0. The van der Waals surface area contributed by atoms with Crippen molar-refractivity contribution in [3.8, 4) is 0 Å². The lowest BCUT2D eigenvalue weighted by Gasteiger charge is -2.49. The number of esters is 1. The number of ether oxygens (including phenoxy) is 3. The molecule has 1 aromatic heterocycles. The van der Waals surface area contributed by atoms with Crippen LogP contribution in [0, 0.1) is 5.41 Å². The van der Waals surface area contributed by atoms with Gasteiger partial charge in [0.1, 0.15) is 22.3 Å². The molecule has 258 valence electrons. The number of sulfonamides is 1. The highest BCUT2D eigenvalue weighted by atomic mass is 32.2. The molecule has 0 amide bonds. The smallest absolute Gasteiger partial charge is 0.445 e. The fourth-order valence-electron chi connectivity index (χ4n) is 7.38. The predicted molar refractivity (Wildman–Crippen MR) is 164 cm³/mol. The first kappa shape index (κ1) is 32.8. The van der Waals surface area contributed by atoms with E-state index in [9.17, 15) is 26.4 Å². The number of carbonyl (C=O) groups excluding carboxylic acids is 1. The van der Waals surface area contributed by atoms with Crippen LogP contribution in [0.2, 0.25) is 0 Å². The van der Waals surface area contributed by atoms with Gasteiger partial charge in [-0.1, -0.05) is 11.3 Å². The monoisotopic (exact) mass is 700 g/mol. The fraction of sp³-hybridized carbons (Fsp3) is 0.700. The number of methoxy groups -OCH3 is 1. The number of piperidine rings is 1. The molecule has 4 aliphatic heterocycles. The number of hydrogen-bond acceptors (Lipinski definition) is 12. The summed E-state index contributed by atoms with van der Waals surface area (Å²) in [5, 5.41) is 9.90. The van der Waals surface area contributed by atoms with Crippen molar-refractivity contribution in [3.05, 3.63) is 38.6 Å². The number of nitrogens with zero attached hydrogens (tertiary/aromatic N) is 4. The molecule has 47 heavy (non-hydrogen) atoms. The highest BCUT2D eigenvalue weighted by molar-refractivity contribution is 7.93. The second-order valence-corrected chi connectivity index (χ2v) is 16.7. The second kappa shape index (κ2) is 10.6. The van der Waals surface area contributed by atoms with Crippen molar-refractivity contribution < 1.29 is 40.6 Å². The number of rotatable bonds is 8. The molecule has 4 fully saturated rings. The molecule has 1 aromatic rings. The SMILES string of the molecule is COC1(C2=C(c3nnc(C(F)(F)F)s3)N3C=C(S(=O)(=O)NC4(C)CC4)C=C(N4CCC5(CC4)CO[C@@H](C)C5OC(C)=O)C3(C)N2)CC1. The summed E-state index contributed by atoms with van der Waals surface area (Å²) in [6, 6.07) is 0. The zero-order valence-corrected chi connectivity index (χ0v) is 28.5. The molecular formula is C30H39F3N6O6S2. The lowest BCUT2D eigenvalue weighted by Crippen LogP contribution is -2.58. The number of nitrogens with one attached hydrogen (secondary N) is 2. The molecule has 12 nitrogen and oxygen atoms in total. The average Bonchev–Trinajstić information content (AvgIpc) is 3.81. The minimum absolute atomic E-state index is 0.00199. The van der Waals surface area contributed by atoms with Gasteiger partial charge in [0, 0.05) is 44.3 Å². The Bertz CT molecular complexity index is 1690. The molecule has 2 unspecified atom stereocenters. The molecule has 2 saturated carbocycles. The molecule has 1 spiro atoms. The summed E-state index contributed by atoms with van der Waals surface area (Å²) in [6.07, 6.45) is 1.65. The van der Waals surface area contributed by atoms with Crippen molar-refractivity contribution in [2.45, 2.75) is 101 Å². The number of carbonyl (C=O) groups is 1. The third-order valence-corrected chi connectivity index (χ3v) is 13.1. The highest BCUT2D eigenvalue weighted by Crippen LogP contribution is 2.55. The van der Waals surface area contributed by atoms with Gasteiger partial charge in [0.25, 0.3) is 0 Å². The largest absolute Gasteiger partial charge is 0.459 e. The number of alkyl halides is 3. The minimum Gasteiger partial charge on any atom is -0.459 e. The maximum absolute atomic E-state index is 13.9. The van der Waals surface area contributed by atoms with E-state index < -0.39 is 49.5 Å². The van der Waals surface area contributed by atoms with E-state index in [0.717, 1.165) is 0 Å². The highest BCUT2D eigenvalue weighted by Gasteiger charge is 2.60. The van der Waals surface area contributed by atoms with Gasteiger partial charge in [-0.2, -0.15) is 13.2 Å². The van der Waals surface area contributed by atoms with Gasteiger partial charge >= 0.3 is 12.1 Å². The van der Waals surface area contributed by atoms with E-state index in [1.54, 1.807) is 18.1 Å². The Labute approximate surface area is 275 Å². The van der Waals surface area contributed by atoms with E-state index >= 15 is 0 Å². The molecule has 0 aromatic carbocycles. The Kier molecular flexibility index (Phi) is 7.42. The van der Waals surface area contributed by atoms with Crippen LogP contribution in [0.25, 0.3) is 5.70 Å². The van der Waals surface area contributed by atoms with Crippen LogP contribution in [0.5, 0.6) is 0 Å². The molecule has 6 aliphatic rings. The van der Waals surface area contributed by atoms with Gasteiger partial charge in [-0.15, -0.1) is 10.2 Å². The van der Waals surface area contributed by atoms with Crippen molar-refractivity contribution in [1.29, 1.82) is 0 Å². The van der Waals surface area contributed by atoms with E-state index in [4.69, 9.17) is 14.2 Å². The summed E-state index contributed by atoms with van der Waals surface area (Å²) in [6.45, 7) is 8.44. The molecule has 5 heterocycles. The zero-order chi connectivity index (χ0) is 33.8. The average molecular weight is 701 g/mol. The molecule has 2 aliphatic carbocycles. The Morgan fingerprint density at radius 3 is 2.38 bits per heavy atom. The van der Waals surface area contributed by atoms with Gasteiger partial charge in [0.15, 0.2) is 10.7 Å². The summed E-state index contributed by atoms with van der Waals surface area (Å²) < 4.78 is 89.4. The van der Waals surface area contributed by atoms with Crippen LogP contribution in [0.1, 0.15) is 76.2 Å². The molecular weight excluding hydrogens is 661 g/mol. The lowest BCUT2D eigenvalue weighted by atomic mass is 9.74. The number of likely N-dealkylation sites (tertiary alicyclic amines) is 1. The van der Waals surface area contributed by atoms with Crippen molar-refractivity contribution in [3.63, 3.8) is 0 Å². The summed E-state index contributed by atoms with van der Waals surface area (Å²) in [5.74, 6) is -0.372. The first-order chi connectivity index (χ1) is 21.9. The molecule has 3 atom stereocenters. The van der Waals surface area contributed by atoms with E-state index in [0.29, 0.717) is 86.6 Å². The minimum atomic E-state index is -4.69. The molecule has 17 heteroatoms. The van der Waals surface area contributed by atoms with E-state index in [2.05, 4.69) is 25.1 Å². The second-order valence-electron chi connectivity index (χ2n) is 14.0. The van der Waals surface area contributed by atoms with Crippen LogP contribution in [0.4, 0.5) is 13.2 Å². The maximum atomic E-state index is 13.9. The van der Waals surface area contributed by atoms with Crippen molar-refractivity contribution in [1.82, 2.24) is 30.0 Å². The van der Waals surface area contributed by atoms with Gasteiger partial charge in [0.05, 0.1) is 24.1 Å². The Hall–Kier alpha value is -2.73. The van der Waals surface area contributed by atoms with Crippen molar-refractivity contribution >= 4 is 33.0 Å². The molecule has 7 rings (SSSR count). The number of aromatic nitrogens is 2. The molecule has 2 N–H and O–H groups in total. The molecule has 0 bridgehead atoms. The van der Waals surface area contributed by atoms with Gasteiger partial charge < -0.3 is 29.3 Å². The quantitative estimate of drug-likeness (QED) is 0.385.